The highest BCUT2D eigenvalue weighted by molar-refractivity contribution is 6.32. The molecule has 0 amide bonds. The molecule has 0 radical (unpaired) electrons. The summed E-state index contributed by atoms with van der Waals surface area (Å²) < 4.78 is 6.34. The lowest BCUT2D eigenvalue weighted by atomic mass is 10.2. The van der Waals surface area contributed by atoms with Crippen LogP contribution in [0.5, 0.6) is 0 Å². The predicted molar refractivity (Wildman–Crippen MR) is 136 cm³/mol. The predicted octanol–water partition coefficient (Wildman–Crippen LogP) is 4.21. The Morgan fingerprint density at radius 2 is 1.69 bits per heavy atom. The molecule has 0 atom stereocenters. The number of nitroso groups, excluding NO2 is 1. The van der Waals surface area contributed by atoms with Crippen molar-refractivity contribution in [2.24, 2.45) is 0 Å². The summed E-state index contributed by atoms with van der Waals surface area (Å²) in [5, 5.41) is 11.2. The molecule has 11 nitrogen and oxygen atoms in total. The van der Waals surface area contributed by atoms with Crippen LogP contribution in [0.4, 0.5) is 29.3 Å². The molecule has 0 saturated carbocycles. The Hall–Kier alpha value is -4.12. The standard InChI is InChI=1S/C24H25ClN9O2/c1-16-7-6-10-19(25)21(16)34(35)15-20-30-31-24(36-20)29-22-26-17(2)27-23(28-22)33-13-11-32(12-14-33)18-8-4-3-5-9-18/h3-10H,11-15H2,1-2H3,(H,26,27,28,29,31)/q+1. The lowest BCUT2D eigenvalue weighted by molar-refractivity contribution is -0.484. The second-order valence-corrected chi connectivity index (χ2v) is 8.79. The maximum absolute atomic E-state index is 12.6. The zero-order valence-corrected chi connectivity index (χ0v) is 20.7. The maximum Gasteiger partial charge on any atom is 0.322 e. The van der Waals surface area contributed by atoms with E-state index in [4.69, 9.17) is 16.0 Å². The fraction of sp³-hybridized carbons (Fsp3) is 0.292. The molecule has 1 aliphatic rings. The van der Waals surface area contributed by atoms with E-state index in [9.17, 15) is 4.91 Å². The number of anilines is 4. The van der Waals surface area contributed by atoms with Crippen LogP contribution in [0.1, 0.15) is 17.3 Å². The second kappa shape index (κ2) is 10.2. The van der Waals surface area contributed by atoms with E-state index in [1.807, 2.05) is 31.2 Å². The van der Waals surface area contributed by atoms with E-state index in [1.54, 1.807) is 19.1 Å². The van der Waals surface area contributed by atoms with Crippen molar-refractivity contribution < 1.29 is 9.18 Å². The Balaban J connectivity index is 1.24. The summed E-state index contributed by atoms with van der Waals surface area (Å²) in [6, 6.07) is 15.7. The summed E-state index contributed by atoms with van der Waals surface area (Å²) in [6.07, 6.45) is 0. The van der Waals surface area contributed by atoms with E-state index in [2.05, 4.69) is 52.4 Å². The SMILES string of the molecule is Cc1nc(Nc2nnc(C[N+](=O)c3c(C)cccc3Cl)o2)nc(N2CCN(c3ccccc3)CC2)n1. The molecule has 2 aromatic heterocycles. The Morgan fingerprint density at radius 3 is 2.44 bits per heavy atom. The number of aromatic nitrogens is 5. The van der Waals surface area contributed by atoms with Gasteiger partial charge in [0.25, 0.3) is 18.1 Å². The maximum atomic E-state index is 12.6. The monoisotopic (exact) mass is 506 g/mol. The first-order valence-electron chi connectivity index (χ1n) is 11.5. The van der Waals surface area contributed by atoms with Crippen LogP contribution in [0.15, 0.2) is 52.9 Å². The average molecular weight is 507 g/mol. The molecule has 1 fully saturated rings. The van der Waals surface area contributed by atoms with Crippen LogP contribution in [0.2, 0.25) is 5.02 Å². The molecule has 184 valence electrons. The first-order valence-corrected chi connectivity index (χ1v) is 11.9. The first kappa shape index (κ1) is 23.6. The number of hydrogen-bond acceptors (Lipinski definition) is 10. The molecule has 4 aromatic rings. The summed E-state index contributed by atoms with van der Waals surface area (Å²) in [5.74, 6) is 1.57. The molecule has 36 heavy (non-hydrogen) atoms. The van der Waals surface area contributed by atoms with E-state index >= 15 is 0 Å². The quantitative estimate of drug-likeness (QED) is 0.365. The van der Waals surface area contributed by atoms with Crippen molar-refractivity contribution in [3.8, 4) is 0 Å². The van der Waals surface area contributed by atoms with Gasteiger partial charge in [-0.3, -0.25) is 5.32 Å². The van der Waals surface area contributed by atoms with Crippen LogP contribution >= 0.6 is 11.6 Å². The summed E-state index contributed by atoms with van der Waals surface area (Å²) in [4.78, 5) is 30.5. The van der Waals surface area contributed by atoms with Gasteiger partial charge < -0.3 is 14.2 Å². The van der Waals surface area contributed by atoms with Gasteiger partial charge in [-0.1, -0.05) is 47.0 Å². The third-order valence-electron chi connectivity index (χ3n) is 5.82. The zero-order valence-electron chi connectivity index (χ0n) is 19.9. The molecule has 5 rings (SSSR count). The number of piperazine rings is 1. The fourth-order valence-corrected chi connectivity index (χ4v) is 4.39. The molecule has 1 saturated heterocycles. The minimum Gasteiger partial charge on any atom is -0.401 e. The van der Waals surface area contributed by atoms with Gasteiger partial charge in [0.1, 0.15) is 10.8 Å². The Morgan fingerprint density at radius 1 is 0.944 bits per heavy atom. The van der Waals surface area contributed by atoms with E-state index in [1.165, 1.54) is 5.69 Å². The zero-order chi connectivity index (χ0) is 25.1. The van der Waals surface area contributed by atoms with Gasteiger partial charge in [-0.05, 0) is 32.0 Å². The van der Waals surface area contributed by atoms with Crippen molar-refractivity contribution >= 4 is 40.9 Å². The van der Waals surface area contributed by atoms with Crippen LogP contribution < -0.4 is 15.1 Å². The Bertz CT molecular complexity index is 1350. The number of rotatable bonds is 7. The van der Waals surface area contributed by atoms with Crippen LogP contribution in [-0.4, -0.2) is 56.1 Å². The van der Waals surface area contributed by atoms with E-state index < -0.39 is 0 Å². The normalized spacial score (nSPS) is 13.6. The van der Waals surface area contributed by atoms with E-state index in [0.29, 0.717) is 28.4 Å². The van der Waals surface area contributed by atoms with Crippen LogP contribution in [-0.2, 0) is 6.54 Å². The highest BCUT2D eigenvalue weighted by Crippen LogP contribution is 2.29. The lowest BCUT2D eigenvalue weighted by Crippen LogP contribution is -2.47. The number of para-hydroxylation sites is 2. The summed E-state index contributed by atoms with van der Waals surface area (Å²) in [7, 11) is 0. The van der Waals surface area contributed by atoms with Crippen LogP contribution in [0.25, 0.3) is 0 Å². The summed E-state index contributed by atoms with van der Waals surface area (Å²) >= 11 is 6.19. The minimum absolute atomic E-state index is 0.0831. The third-order valence-corrected chi connectivity index (χ3v) is 6.13. The van der Waals surface area contributed by atoms with Gasteiger partial charge in [0, 0.05) is 47.1 Å². The molecular weight excluding hydrogens is 482 g/mol. The molecule has 2 aromatic carbocycles. The van der Waals surface area contributed by atoms with E-state index in [-0.39, 0.29) is 18.5 Å². The Labute approximate surface area is 212 Å². The molecule has 3 heterocycles. The fourth-order valence-electron chi connectivity index (χ4n) is 4.07. The van der Waals surface area contributed by atoms with E-state index in [0.717, 1.165) is 36.5 Å². The average Bonchev–Trinajstić information content (AvgIpc) is 3.30. The third kappa shape index (κ3) is 5.25. The van der Waals surface area contributed by atoms with Crippen molar-refractivity contribution in [3.05, 3.63) is 75.7 Å². The van der Waals surface area contributed by atoms with Crippen molar-refractivity contribution in [2.45, 2.75) is 20.4 Å². The molecule has 12 heteroatoms. The molecule has 1 aliphatic heterocycles. The number of benzene rings is 2. The first-order chi connectivity index (χ1) is 17.5. The van der Waals surface area contributed by atoms with Gasteiger partial charge in [-0.25, -0.2) is 0 Å². The van der Waals surface area contributed by atoms with Crippen molar-refractivity contribution in [3.63, 3.8) is 0 Å². The van der Waals surface area contributed by atoms with Gasteiger partial charge in [0.15, 0.2) is 0 Å². The minimum atomic E-state index is -0.146. The highest BCUT2D eigenvalue weighted by atomic mass is 35.5. The number of halogens is 1. The molecular formula is C24H25ClN9O2+. The smallest absolute Gasteiger partial charge is 0.322 e. The lowest BCUT2D eigenvalue weighted by Gasteiger charge is -2.36. The Kier molecular flexibility index (Phi) is 6.72. The number of aryl methyl sites for hydroxylation is 2. The highest BCUT2D eigenvalue weighted by Gasteiger charge is 2.25. The van der Waals surface area contributed by atoms with Gasteiger partial charge in [-0.15, -0.1) is 5.10 Å². The summed E-state index contributed by atoms with van der Waals surface area (Å²) in [5.41, 5.74) is 2.34. The largest absolute Gasteiger partial charge is 0.401 e. The van der Waals surface area contributed by atoms with Gasteiger partial charge in [-0.2, -0.15) is 15.0 Å². The van der Waals surface area contributed by atoms with Crippen molar-refractivity contribution in [2.75, 3.05) is 41.3 Å². The summed E-state index contributed by atoms with van der Waals surface area (Å²) in [6.45, 7) is 6.76. The molecule has 0 bridgehead atoms. The number of hydrogen-bond donors (Lipinski definition) is 1. The van der Waals surface area contributed by atoms with Gasteiger partial charge in [0.2, 0.25) is 11.9 Å². The van der Waals surface area contributed by atoms with Crippen LogP contribution in [0, 0.1) is 18.8 Å². The number of nitrogens with one attached hydrogen (secondary N) is 1. The molecule has 0 spiro atoms. The molecule has 1 N–H and O–H groups in total. The number of nitrogens with zero attached hydrogens (tertiary/aromatic N) is 8. The van der Waals surface area contributed by atoms with Crippen molar-refractivity contribution in [1.29, 1.82) is 0 Å². The molecule has 0 unspecified atom stereocenters. The van der Waals surface area contributed by atoms with Crippen LogP contribution in [0.3, 0.4) is 0 Å². The van der Waals surface area contributed by atoms with Crippen molar-refractivity contribution in [1.82, 2.24) is 25.1 Å². The van der Waals surface area contributed by atoms with Gasteiger partial charge >= 0.3 is 6.01 Å². The topological polar surface area (TPSA) is 116 Å². The molecule has 0 aliphatic carbocycles. The van der Waals surface area contributed by atoms with Gasteiger partial charge in [0.05, 0.1) is 0 Å². The second-order valence-electron chi connectivity index (χ2n) is 8.38.